The number of epoxide rings is 1. The fourth-order valence-electron chi connectivity index (χ4n) is 3.12. The van der Waals surface area contributed by atoms with Gasteiger partial charge in [-0.3, -0.25) is 14.4 Å². The fourth-order valence-corrected chi connectivity index (χ4v) is 3.12. The summed E-state index contributed by atoms with van der Waals surface area (Å²) in [6.45, 7) is 0.359. The maximum Gasteiger partial charge on any atom is 0.256 e. The summed E-state index contributed by atoms with van der Waals surface area (Å²) in [7, 11) is 3.26. The van der Waals surface area contributed by atoms with Gasteiger partial charge in [0.15, 0.2) is 12.2 Å². The smallest absolute Gasteiger partial charge is 0.256 e. The SMILES string of the molecule is CN(C)C(=O)[C@H](Cc1ccccc1)NC(=O)[C@H]1O[C@@H]1C(=O)Nc1cccc(CN)c1.Cl. The van der Waals surface area contributed by atoms with E-state index in [1.165, 1.54) is 4.90 Å². The zero-order valence-electron chi connectivity index (χ0n) is 17.4. The van der Waals surface area contributed by atoms with Crippen molar-refractivity contribution >= 4 is 35.8 Å². The summed E-state index contributed by atoms with van der Waals surface area (Å²) in [5.41, 5.74) is 7.99. The molecule has 1 aliphatic rings. The molecule has 0 aliphatic carbocycles. The van der Waals surface area contributed by atoms with E-state index < -0.39 is 30.1 Å². The Morgan fingerprint density at radius 3 is 2.29 bits per heavy atom. The molecule has 9 heteroatoms. The van der Waals surface area contributed by atoms with Crippen molar-refractivity contribution in [1.82, 2.24) is 10.2 Å². The molecule has 1 saturated heterocycles. The molecule has 31 heavy (non-hydrogen) atoms. The second-order valence-corrected chi connectivity index (χ2v) is 7.35. The van der Waals surface area contributed by atoms with Gasteiger partial charge in [0, 0.05) is 32.7 Å². The van der Waals surface area contributed by atoms with Crippen LogP contribution in [0.25, 0.3) is 0 Å². The van der Waals surface area contributed by atoms with Crippen LogP contribution in [0.4, 0.5) is 5.69 Å². The van der Waals surface area contributed by atoms with Gasteiger partial charge < -0.3 is 26.0 Å². The molecule has 4 N–H and O–H groups in total. The molecule has 1 fully saturated rings. The van der Waals surface area contributed by atoms with Crippen LogP contribution in [0, 0.1) is 0 Å². The third-order valence-corrected chi connectivity index (χ3v) is 4.78. The first-order valence-electron chi connectivity index (χ1n) is 9.70. The number of benzene rings is 2. The highest BCUT2D eigenvalue weighted by Gasteiger charge is 2.51. The van der Waals surface area contributed by atoms with Gasteiger partial charge in [0.25, 0.3) is 11.8 Å². The third-order valence-electron chi connectivity index (χ3n) is 4.78. The highest BCUT2D eigenvalue weighted by atomic mass is 35.5. The number of hydrogen-bond donors (Lipinski definition) is 3. The van der Waals surface area contributed by atoms with Crippen LogP contribution in [0.5, 0.6) is 0 Å². The molecule has 3 atom stereocenters. The van der Waals surface area contributed by atoms with Gasteiger partial charge in [0.1, 0.15) is 6.04 Å². The molecule has 3 amide bonds. The normalized spacial score (nSPS) is 17.6. The van der Waals surface area contributed by atoms with Crippen molar-refractivity contribution in [1.29, 1.82) is 0 Å². The minimum Gasteiger partial charge on any atom is -0.349 e. The van der Waals surface area contributed by atoms with E-state index in [0.717, 1.165) is 11.1 Å². The molecule has 0 aromatic heterocycles. The average Bonchev–Trinajstić information content (AvgIpc) is 3.55. The Balaban J connectivity index is 0.00000341. The summed E-state index contributed by atoms with van der Waals surface area (Å²) < 4.78 is 5.29. The number of rotatable bonds is 8. The van der Waals surface area contributed by atoms with Crippen LogP contribution in [0.15, 0.2) is 54.6 Å². The zero-order valence-corrected chi connectivity index (χ0v) is 18.2. The van der Waals surface area contributed by atoms with Gasteiger partial charge in [-0.25, -0.2) is 0 Å². The van der Waals surface area contributed by atoms with Crippen molar-refractivity contribution in [2.45, 2.75) is 31.2 Å². The second kappa shape index (κ2) is 10.9. The van der Waals surface area contributed by atoms with E-state index in [1.54, 1.807) is 32.3 Å². The Morgan fingerprint density at radius 2 is 1.65 bits per heavy atom. The highest BCUT2D eigenvalue weighted by molar-refractivity contribution is 6.02. The summed E-state index contributed by atoms with van der Waals surface area (Å²) in [6.07, 6.45) is -1.46. The van der Waals surface area contributed by atoms with Gasteiger partial charge in [-0.2, -0.15) is 0 Å². The standard InChI is InChI=1S/C22H26N4O4.ClH/c1-26(2)22(29)17(12-14-7-4-3-5-8-14)25-21(28)19-18(30-19)20(27)24-16-10-6-9-15(11-16)13-23;/h3-11,17-19H,12-13,23H2,1-2H3,(H,24,27)(H,25,28);1H/t17-,18-,19-;/m0./s1. The van der Waals surface area contributed by atoms with Crippen LogP contribution in [-0.4, -0.2) is 55.0 Å². The first-order chi connectivity index (χ1) is 14.4. The summed E-state index contributed by atoms with van der Waals surface area (Å²) in [5, 5.41) is 5.45. The topological polar surface area (TPSA) is 117 Å². The minimum atomic E-state index is -0.920. The number of likely N-dealkylation sites (N-methyl/N-ethyl adjacent to an activating group) is 1. The molecule has 8 nitrogen and oxygen atoms in total. The lowest BCUT2D eigenvalue weighted by Gasteiger charge is -2.21. The van der Waals surface area contributed by atoms with Crippen LogP contribution < -0.4 is 16.4 Å². The van der Waals surface area contributed by atoms with Gasteiger partial charge >= 0.3 is 0 Å². The minimum absolute atomic E-state index is 0. The van der Waals surface area contributed by atoms with Crippen molar-refractivity contribution in [2.75, 3.05) is 19.4 Å². The lowest BCUT2D eigenvalue weighted by atomic mass is 10.0. The van der Waals surface area contributed by atoms with Gasteiger partial charge in [0.05, 0.1) is 0 Å². The summed E-state index contributed by atoms with van der Waals surface area (Å²) in [5.74, 6) is -1.13. The molecule has 2 aromatic carbocycles. The van der Waals surface area contributed by atoms with Crippen LogP contribution in [0.2, 0.25) is 0 Å². The predicted molar refractivity (Wildman–Crippen MR) is 120 cm³/mol. The fraction of sp³-hybridized carbons (Fsp3) is 0.318. The van der Waals surface area contributed by atoms with Crippen molar-refractivity contribution in [3.63, 3.8) is 0 Å². The number of halogens is 1. The Hall–Kier alpha value is -2.94. The van der Waals surface area contributed by atoms with E-state index in [-0.39, 0.29) is 18.3 Å². The largest absolute Gasteiger partial charge is 0.349 e. The van der Waals surface area contributed by atoms with Crippen molar-refractivity contribution < 1.29 is 19.1 Å². The molecule has 3 rings (SSSR count). The maximum absolute atomic E-state index is 12.6. The number of carbonyl (C=O) groups is 3. The lowest BCUT2D eigenvalue weighted by Crippen LogP contribution is -2.49. The first-order valence-corrected chi connectivity index (χ1v) is 9.70. The number of amides is 3. The van der Waals surface area contributed by atoms with Crippen LogP contribution in [0.1, 0.15) is 11.1 Å². The number of nitrogens with zero attached hydrogens (tertiary/aromatic N) is 1. The first kappa shape index (κ1) is 24.3. The highest BCUT2D eigenvalue weighted by Crippen LogP contribution is 2.24. The summed E-state index contributed by atoms with van der Waals surface area (Å²) in [6, 6.07) is 15.8. The molecule has 1 heterocycles. The maximum atomic E-state index is 12.6. The van der Waals surface area contributed by atoms with E-state index >= 15 is 0 Å². The zero-order chi connectivity index (χ0) is 21.7. The van der Waals surface area contributed by atoms with Gasteiger partial charge in [0.2, 0.25) is 5.91 Å². The quantitative estimate of drug-likeness (QED) is 0.525. The number of carbonyl (C=O) groups excluding carboxylic acids is 3. The molecular formula is C22H27ClN4O4. The molecule has 0 saturated carbocycles. The van der Waals surface area contributed by atoms with Crippen LogP contribution in [0.3, 0.4) is 0 Å². The molecule has 0 radical (unpaired) electrons. The summed E-state index contributed by atoms with van der Waals surface area (Å²) >= 11 is 0. The van der Waals surface area contributed by atoms with Crippen LogP contribution in [-0.2, 0) is 32.1 Å². The van der Waals surface area contributed by atoms with E-state index in [9.17, 15) is 14.4 Å². The monoisotopic (exact) mass is 446 g/mol. The van der Waals surface area contributed by atoms with Crippen molar-refractivity contribution in [3.05, 3.63) is 65.7 Å². The second-order valence-electron chi connectivity index (χ2n) is 7.35. The number of hydrogen-bond acceptors (Lipinski definition) is 5. The lowest BCUT2D eigenvalue weighted by molar-refractivity contribution is -0.134. The third kappa shape index (κ3) is 6.52. The Kier molecular flexibility index (Phi) is 8.56. The molecule has 0 spiro atoms. The van der Waals surface area contributed by atoms with Crippen molar-refractivity contribution in [3.8, 4) is 0 Å². The Labute approximate surface area is 187 Å². The Morgan fingerprint density at radius 1 is 1.00 bits per heavy atom. The van der Waals surface area contributed by atoms with E-state index in [1.807, 2.05) is 36.4 Å². The molecular weight excluding hydrogens is 420 g/mol. The summed E-state index contributed by atoms with van der Waals surface area (Å²) in [4.78, 5) is 38.9. The van der Waals surface area contributed by atoms with E-state index in [2.05, 4.69) is 10.6 Å². The molecule has 0 bridgehead atoms. The molecule has 0 unspecified atom stereocenters. The predicted octanol–water partition coefficient (Wildman–Crippen LogP) is 1.09. The molecule has 2 aromatic rings. The van der Waals surface area contributed by atoms with Crippen molar-refractivity contribution in [2.24, 2.45) is 5.73 Å². The van der Waals surface area contributed by atoms with Crippen LogP contribution >= 0.6 is 12.4 Å². The van der Waals surface area contributed by atoms with Gasteiger partial charge in [-0.05, 0) is 23.3 Å². The molecule has 1 aliphatic heterocycles. The van der Waals surface area contributed by atoms with Gasteiger partial charge in [-0.15, -0.1) is 12.4 Å². The number of anilines is 1. The number of ether oxygens (including phenoxy) is 1. The number of nitrogens with two attached hydrogens (primary N) is 1. The number of nitrogens with one attached hydrogen (secondary N) is 2. The van der Waals surface area contributed by atoms with E-state index in [4.69, 9.17) is 10.5 Å². The van der Waals surface area contributed by atoms with Gasteiger partial charge in [-0.1, -0.05) is 42.5 Å². The molecule has 166 valence electrons. The van der Waals surface area contributed by atoms with E-state index in [0.29, 0.717) is 18.7 Å². The average molecular weight is 447 g/mol. The Bertz CT molecular complexity index is 923.